The number of carbonyl (C=O) groups is 2. The SMILES string of the molecule is O=C(/C=C/c1ccc(F)cc1)N1CCC(C(=O)N2CCCCC2)CC1. The molecule has 3 rings (SSSR count). The van der Waals surface area contributed by atoms with Crippen molar-refractivity contribution >= 4 is 17.9 Å². The average Bonchev–Trinajstić information content (AvgIpc) is 2.67. The van der Waals surface area contributed by atoms with Crippen molar-refractivity contribution in [2.24, 2.45) is 5.92 Å². The third-order valence-corrected chi connectivity index (χ3v) is 5.11. The average molecular weight is 344 g/mol. The molecule has 4 nitrogen and oxygen atoms in total. The van der Waals surface area contributed by atoms with Crippen LogP contribution in [0.1, 0.15) is 37.7 Å². The van der Waals surface area contributed by atoms with Crippen LogP contribution in [0.25, 0.3) is 6.08 Å². The molecule has 134 valence electrons. The molecule has 1 aromatic rings. The van der Waals surface area contributed by atoms with Crippen molar-refractivity contribution in [1.29, 1.82) is 0 Å². The Morgan fingerprint density at radius 2 is 1.56 bits per heavy atom. The molecular formula is C20H25FN2O2. The highest BCUT2D eigenvalue weighted by Crippen LogP contribution is 2.22. The lowest BCUT2D eigenvalue weighted by Gasteiger charge is -2.35. The van der Waals surface area contributed by atoms with Crippen LogP contribution in [0.4, 0.5) is 4.39 Å². The van der Waals surface area contributed by atoms with Gasteiger partial charge < -0.3 is 9.80 Å². The number of hydrogen-bond acceptors (Lipinski definition) is 2. The Labute approximate surface area is 148 Å². The summed E-state index contributed by atoms with van der Waals surface area (Å²) < 4.78 is 12.9. The normalized spacial score (nSPS) is 19.4. The van der Waals surface area contributed by atoms with Gasteiger partial charge in [0.25, 0.3) is 0 Å². The van der Waals surface area contributed by atoms with E-state index in [0.29, 0.717) is 13.1 Å². The molecule has 2 aliphatic rings. The standard InChI is InChI=1S/C20H25FN2O2/c21-18-7-4-16(5-8-18)6-9-19(24)22-14-10-17(11-15-22)20(25)23-12-2-1-3-13-23/h4-9,17H,1-3,10-15H2/b9-6+. The number of likely N-dealkylation sites (tertiary alicyclic amines) is 2. The lowest BCUT2D eigenvalue weighted by atomic mass is 9.94. The molecule has 2 heterocycles. The second-order valence-electron chi connectivity index (χ2n) is 6.87. The summed E-state index contributed by atoms with van der Waals surface area (Å²) in [6.07, 6.45) is 8.15. The Bertz CT molecular complexity index is 628. The fourth-order valence-corrected chi connectivity index (χ4v) is 3.57. The molecule has 0 aliphatic carbocycles. The highest BCUT2D eigenvalue weighted by atomic mass is 19.1. The van der Waals surface area contributed by atoms with Crippen molar-refractivity contribution in [2.45, 2.75) is 32.1 Å². The van der Waals surface area contributed by atoms with Gasteiger partial charge in [0, 0.05) is 38.2 Å². The number of amides is 2. The van der Waals surface area contributed by atoms with Crippen molar-refractivity contribution in [3.05, 3.63) is 41.7 Å². The molecule has 25 heavy (non-hydrogen) atoms. The van der Waals surface area contributed by atoms with Crippen molar-refractivity contribution in [2.75, 3.05) is 26.2 Å². The monoisotopic (exact) mass is 344 g/mol. The quantitative estimate of drug-likeness (QED) is 0.791. The summed E-state index contributed by atoms with van der Waals surface area (Å²) >= 11 is 0. The van der Waals surface area contributed by atoms with E-state index >= 15 is 0 Å². The first-order chi connectivity index (χ1) is 12.1. The Kier molecular flexibility index (Phi) is 5.84. The van der Waals surface area contributed by atoms with Gasteiger partial charge in [-0.3, -0.25) is 9.59 Å². The number of hydrogen-bond donors (Lipinski definition) is 0. The zero-order chi connectivity index (χ0) is 17.6. The van der Waals surface area contributed by atoms with Crippen LogP contribution in [0.2, 0.25) is 0 Å². The zero-order valence-electron chi connectivity index (χ0n) is 14.5. The summed E-state index contributed by atoms with van der Waals surface area (Å²) in [4.78, 5) is 28.6. The maximum Gasteiger partial charge on any atom is 0.246 e. The van der Waals surface area contributed by atoms with E-state index in [0.717, 1.165) is 44.3 Å². The van der Waals surface area contributed by atoms with Crippen molar-refractivity contribution in [3.8, 4) is 0 Å². The molecule has 0 saturated carbocycles. The van der Waals surface area contributed by atoms with E-state index < -0.39 is 0 Å². The summed E-state index contributed by atoms with van der Waals surface area (Å²) in [7, 11) is 0. The maximum atomic E-state index is 12.9. The fourth-order valence-electron chi connectivity index (χ4n) is 3.57. The first-order valence-electron chi connectivity index (χ1n) is 9.15. The van der Waals surface area contributed by atoms with Crippen LogP contribution in [0.15, 0.2) is 30.3 Å². The van der Waals surface area contributed by atoms with Crippen LogP contribution >= 0.6 is 0 Å². The number of rotatable bonds is 3. The molecule has 2 aliphatic heterocycles. The van der Waals surface area contributed by atoms with Gasteiger partial charge in [0.05, 0.1) is 0 Å². The summed E-state index contributed by atoms with van der Waals surface area (Å²) in [6.45, 7) is 3.02. The second kappa shape index (κ2) is 8.28. The molecule has 0 atom stereocenters. The van der Waals surface area contributed by atoms with Gasteiger partial charge in [-0.25, -0.2) is 4.39 Å². The van der Waals surface area contributed by atoms with E-state index in [2.05, 4.69) is 0 Å². The Hall–Kier alpha value is -2.17. The lowest BCUT2D eigenvalue weighted by molar-refractivity contribution is -0.140. The fraction of sp³-hybridized carbons (Fsp3) is 0.500. The predicted molar refractivity (Wildman–Crippen MR) is 95.2 cm³/mol. The topological polar surface area (TPSA) is 40.6 Å². The number of nitrogens with zero attached hydrogens (tertiary/aromatic N) is 2. The van der Waals surface area contributed by atoms with Crippen molar-refractivity contribution < 1.29 is 14.0 Å². The molecule has 2 amide bonds. The van der Waals surface area contributed by atoms with Gasteiger partial charge in [-0.05, 0) is 55.9 Å². The molecule has 0 radical (unpaired) electrons. The van der Waals surface area contributed by atoms with Gasteiger partial charge in [0.2, 0.25) is 11.8 Å². The van der Waals surface area contributed by atoms with Gasteiger partial charge in [-0.2, -0.15) is 0 Å². The van der Waals surface area contributed by atoms with Gasteiger partial charge in [-0.1, -0.05) is 12.1 Å². The first-order valence-corrected chi connectivity index (χ1v) is 9.15. The third kappa shape index (κ3) is 4.68. The van der Waals surface area contributed by atoms with Gasteiger partial charge in [0.15, 0.2) is 0 Å². The number of piperidine rings is 2. The van der Waals surface area contributed by atoms with Crippen molar-refractivity contribution in [3.63, 3.8) is 0 Å². The summed E-state index contributed by atoms with van der Waals surface area (Å²) in [5.41, 5.74) is 0.796. The number of halogens is 1. The maximum absolute atomic E-state index is 12.9. The smallest absolute Gasteiger partial charge is 0.246 e. The van der Waals surface area contributed by atoms with Crippen LogP contribution < -0.4 is 0 Å². The molecule has 1 aromatic carbocycles. The molecule has 0 spiro atoms. The highest BCUT2D eigenvalue weighted by Gasteiger charge is 2.30. The largest absolute Gasteiger partial charge is 0.342 e. The molecule has 2 fully saturated rings. The van der Waals surface area contributed by atoms with E-state index in [1.807, 2.05) is 4.90 Å². The molecular weight excluding hydrogens is 319 g/mol. The Morgan fingerprint density at radius 1 is 0.920 bits per heavy atom. The molecule has 2 saturated heterocycles. The second-order valence-corrected chi connectivity index (χ2v) is 6.87. The molecule has 5 heteroatoms. The highest BCUT2D eigenvalue weighted by molar-refractivity contribution is 5.92. The van der Waals surface area contributed by atoms with Gasteiger partial charge in [-0.15, -0.1) is 0 Å². The van der Waals surface area contributed by atoms with E-state index in [4.69, 9.17) is 0 Å². The van der Waals surface area contributed by atoms with Crippen LogP contribution in [-0.4, -0.2) is 47.8 Å². The molecule has 0 bridgehead atoms. The van der Waals surface area contributed by atoms with Crippen LogP contribution in [0.3, 0.4) is 0 Å². The van der Waals surface area contributed by atoms with E-state index in [1.54, 1.807) is 23.1 Å². The van der Waals surface area contributed by atoms with Gasteiger partial charge >= 0.3 is 0 Å². The molecule has 0 unspecified atom stereocenters. The minimum atomic E-state index is -0.288. The Morgan fingerprint density at radius 3 is 2.20 bits per heavy atom. The van der Waals surface area contributed by atoms with Crippen LogP contribution in [0, 0.1) is 11.7 Å². The van der Waals surface area contributed by atoms with Crippen LogP contribution in [-0.2, 0) is 9.59 Å². The van der Waals surface area contributed by atoms with Crippen LogP contribution in [0.5, 0.6) is 0 Å². The third-order valence-electron chi connectivity index (χ3n) is 5.11. The van der Waals surface area contributed by atoms with E-state index in [1.165, 1.54) is 24.6 Å². The number of benzene rings is 1. The lowest BCUT2D eigenvalue weighted by Crippen LogP contribution is -2.45. The van der Waals surface area contributed by atoms with Crippen molar-refractivity contribution in [1.82, 2.24) is 9.80 Å². The summed E-state index contributed by atoms with van der Waals surface area (Å²) in [5.74, 6) is -0.00556. The minimum absolute atomic E-state index is 0.0480. The summed E-state index contributed by atoms with van der Waals surface area (Å²) in [6, 6.07) is 6.04. The zero-order valence-corrected chi connectivity index (χ0v) is 14.5. The summed E-state index contributed by atoms with van der Waals surface area (Å²) in [5, 5.41) is 0. The van der Waals surface area contributed by atoms with E-state index in [9.17, 15) is 14.0 Å². The first kappa shape index (κ1) is 17.6. The molecule has 0 aromatic heterocycles. The number of carbonyl (C=O) groups excluding carboxylic acids is 2. The Balaban J connectivity index is 1.48. The molecule has 0 N–H and O–H groups in total. The minimum Gasteiger partial charge on any atom is -0.342 e. The van der Waals surface area contributed by atoms with E-state index in [-0.39, 0.29) is 23.5 Å². The predicted octanol–water partition coefficient (Wildman–Crippen LogP) is 3.09. The van der Waals surface area contributed by atoms with Gasteiger partial charge in [0.1, 0.15) is 5.82 Å².